The van der Waals surface area contributed by atoms with Crippen LogP contribution in [0.4, 0.5) is 5.69 Å². The summed E-state index contributed by atoms with van der Waals surface area (Å²) in [5, 5.41) is 14.8. The van der Waals surface area contributed by atoms with Gasteiger partial charge in [-0.15, -0.1) is 11.3 Å². The van der Waals surface area contributed by atoms with E-state index in [1.165, 1.54) is 11.3 Å². The Hall–Kier alpha value is -3.03. The number of rotatable bonds is 5. The molecule has 2 N–H and O–H groups in total. The molecule has 0 aliphatic carbocycles. The fourth-order valence-corrected chi connectivity index (χ4v) is 3.50. The summed E-state index contributed by atoms with van der Waals surface area (Å²) in [6, 6.07) is 11.6. The van der Waals surface area contributed by atoms with Crippen molar-refractivity contribution in [1.82, 2.24) is 14.4 Å². The highest BCUT2D eigenvalue weighted by atomic mass is 32.1. The van der Waals surface area contributed by atoms with E-state index in [9.17, 15) is 9.90 Å². The molecule has 0 saturated carbocycles. The van der Waals surface area contributed by atoms with Crippen LogP contribution >= 0.6 is 11.3 Å². The fraction of sp³-hybridized carbons (Fsp3) is 0.190. The van der Waals surface area contributed by atoms with Crippen molar-refractivity contribution in [1.29, 1.82) is 0 Å². The average molecular weight is 392 g/mol. The smallest absolute Gasteiger partial charge is 0.226 e. The number of imidazole rings is 1. The van der Waals surface area contributed by atoms with Crippen LogP contribution in [-0.4, -0.2) is 25.4 Å². The van der Waals surface area contributed by atoms with E-state index < -0.39 is 0 Å². The summed E-state index contributed by atoms with van der Waals surface area (Å²) < 4.78 is 1.96. The van der Waals surface area contributed by atoms with Crippen LogP contribution in [0.3, 0.4) is 0 Å². The van der Waals surface area contributed by atoms with Crippen molar-refractivity contribution in [3.63, 3.8) is 0 Å². The maximum Gasteiger partial charge on any atom is 0.226 e. The zero-order chi connectivity index (χ0) is 19.7. The van der Waals surface area contributed by atoms with Crippen LogP contribution in [0.15, 0.2) is 54.2 Å². The quantitative estimate of drug-likeness (QED) is 0.533. The summed E-state index contributed by atoms with van der Waals surface area (Å²) in [4.78, 5) is 21.1. The van der Waals surface area contributed by atoms with Crippen molar-refractivity contribution in [2.45, 2.75) is 20.5 Å². The Morgan fingerprint density at radius 3 is 2.75 bits per heavy atom. The maximum atomic E-state index is 11.9. The Balaban J connectivity index is 1.65. The number of carbonyl (C=O) groups is 1. The highest BCUT2D eigenvalue weighted by Gasteiger charge is 2.10. The number of aliphatic hydroxyl groups is 1. The van der Waals surface area contributed by atoms with Gasteiger partial charge in [0.1, 0.15) is 10.7 Å². The lowest BCUT2D eigenvalue weighted by Gasteiger charge is -2.08. The maximum absolute atomic E-state index is 11.9. The number of anilines is 1. The third-order valence-electron chi connectivity index (χ3n) is 4.38. The molecule has 0 atom stereocenters. The van der Waals surface area contributed by atoms with Crippen molar-refractivity contribution < 1.29 is 9.90 Å². The van der Waals surface area contributed by atoms with Crippen molar-refractivity contribution in [3.8, 4) is 22.5 Å². The molecule has 3 aromatic heterocycles. The summed E-state index contributed by atoms with van der Waals surface area (Å²) in [6.45, 7) is 3.68. The van der Waals surface area contributed by atoms with Gasteiger partial charge < -0.3 is 14.8 Å². The summed E-state index contributed by atoms with van der Waals surface area (Å²) >= 11 is 1.44. The first-order chi connectivity index (χ1) is 13.5. The number of hydrogen-bond acceptors (Lipinski definition) is 5. The van der Waals surface area contributed by atoms with Gasteiger partial charge in [-0.2, -0.15) is 0 Å². The van der Waals surface area contributed by atoms with E-state index >= 15 is 0 Å². The van der Waals surface area contributed by atoms with E-state index in [0.29, 0.717) is 5.01 Å². The van der Waals surface area contributed by atoms with E-state index in [0.717, 1.165) is 33.8 Å². The molecule has 0 aliphatic rings. The van der Waals surface area contributed by atoms with Gasteiger partial charge in [-0.1, -0.05) is 26.0 Å². The van der Waals surface area contributed by atoms with Crippen molar-refractivity contribution in [2.24, 2.45) is 5.92 Å². The van der Waals surface area contributed by atoms with E-state index in [1.807, 2.05) is 72.4 Å². The number of pyridine rings is 1. The average Bonchev–Trinajstić information content (AvgIpc) is 3.34. The number of aliphatic hydroxyl groups excluding tert-OH is 1. The molecule has 0 spiro atoms. The molecule has 0 saturated heterocycles. The van der Waals surface area contributed by atoms with Crippen LogP contribution in [-0.2, 0) is 11.4 Å². The lowest BCUT2D eigenvalue weighted by atomic mass is 10.1. The van der Waals surface area contributed by atoms with Gasteiger partial charge in [-0.25, -0.2) is 9.97 Å². The Kier molecular flexibility index (Phi) is 4.93. The molecule has 142 valence electrons. The van der Waals surface area contributed by atoms with Gasteiger partial charge in [0.05, 0.1) is 18.0 Å². The van der Waals surface area contributed by atoms with Gasteiger partial charge in [0.2, 0.25) is 5.91 Å². The number of nitrogens with zero attached hydrogens (tertiary/aromatic N) is 3. The van der Waals surface area contributed by atoms with Crippen LogP contribution in [0.2, 0.25) is 0 Å². The van der Waals surface area contributed by atoms with Crippen molar-refractivity contribution in [2.75, 3.05) is 5.32 Å². The zero-order valence-electron chi connectivity index (χ0n) is 15.6. The second kappa shape index (κ2) is 7.53. The van der Waals surface area contributed by atoms with Crippen LogP contribution in [0, 0.1) is 5.92 Å². The fourth-order valence-electron chi connectivity index (χ4n) is 2.84. The van der Waals surface area contributed by atoms with Crippen LogP contribution in [0.1, 0.15) is 18.9 Å². The molecule has 0 bridgehead atoms. The lowest BCUT2D eigenvalue weighted by Crippen LogP contribution is -2.17. The number of fused-ring (bicyclic) bond motifs is 1. The first kappa shape index (κ1) is 18.3. The minimum absolute atomic E-state index is 0.0118. The molecule has 28 heavy (non-hydrogen) atoms. The molecule has 0 aliphatic heterocycles. The van der Waals surface area contributed by atoms with Gasteiger partial charge in [0.25, 0.3) is 0 Å². The normalized spacial score (nSPS) is 11.3. The number of nitrogens with one attached hydrogen (secondary N) is 1. The molecule has 6 nitrogen and oxygen atoms in total. The number of carbonyl (C=O) groups excluding carboxylic acids is 1. The first-order valence-corrected chi connectivity index (χ1v) is 9.87. The SMILES string of the molecule is CC(C)C(=O)Nc1cccc(-c2cn3cc(-c4csc(CO)n4)ccc3n2)c1. The molecular weight excluding hydrogens is 372 g/mol. The second-order valence-corrected chi connectivity index (χ2v) is 7.76. The minimum atomic E-state index is -0.0747. The standard InChI is InChI=1S/C21H20N4O2S/c1-13(2)21(27)22-16-5-3-4-14(8-16)17-10-25-9-15(6-7-19(25)23-17)18-12-28-20(11-26)24-18/h3-10,12-13,26H,11H2,1-2H3,(H,22,27). The van der Waals surface area contributed by atoms with Gasteiger partial charge in [0.15, 0.2) is 0 Å². The van der Waals surface area contributed by atoms with E-state index in [1.54, 1.807) is 0 Å². The second-order valence-electron chi connectivity index (χ2n) is 6.82. The Labute approximate surface area is 166 Å². The monoisotopic (exact) mass is 392 g/mol. The largest absolute Gasteiger partial charge is 0.389 e. The summed E-state index contributed by atoms with van der Waals surface area (Å²) in [7, 11) is 0. The van der Waals surface area contributed by atoms with Crippen LogP contribution < -0.4 is 5.32 Å². The van der Waals surface area contributed by atoms with Crippen molar-refractivity contribution in [3.05, 3.63) is 59.2 Å². The molecule has 1 aromatic carbocycles. The van der Waals surface area contributed by atoms with Gasteiger partial charge in [0, 0.05) is 40.5 Å². The Bertz CT molecular complexity index is 1150. The molecule has 3 heterocycles. The highest BCUT2D eigenvalue weighted by Crippen LogP contribution is 2.26. The number of aromatic nitrogens is 3. The number of benzene rings is 1. The molecular formula is C21H20N4O2S. The van der Waals surface area contributed by atoms with Gasteiger partial charge in [-0.05, 0) is 24.3 Å². The van der Waals surface area contributed by atoms with E-state index in [4.69, 9.17) is 0 Å². The molecule has 1 amide bonds. The predicted molar refractivity (Wildman–Crippen MR) is 111 cm³/mol. The number of thiazole rings is 1. The van der Waals surface area contributed by atoms with E-state index in [2.05, 4.69) is 15.3 Å². The molecule has 0 fully saturated rings. The Morgan fingerprint density at radius 1 is 1.14 bits per heavy atom. The van der Waals surface area contributed by atoms with Gasteiger partial charge in [-0.3, -0.25) is 4.79 Å². The third kappa shape index (κ3) is 3.67. The number of hydrogen-bond donors (Lipinski definition) is 2. The molecule has 4 aromatic rings. The molecule has 4 rings (SSSR count). The third-order valence-corrected chi connectivity index (χ3v) is 5.22. The molecule has 0 radical (unpaired) electrons. The predicted octanol–water partition coefficient (Wildman–Crippen LogP) is 4.21. The first-order valence-electron chi connectivity index (χ1n) is 8.99. The molecule has 7 heteroatoms. The Morgan fingerprint density at radius 2 is 2.00 bits per heavy atom. The summed E-state index contributed by atoms with van der Waals surface area (Å²) in [6.07, 6.45) is 3.94. The lowest BCUT2D eigenvalue weighted by molar-refractivity contribution is -0.118. The van der Waals surface area contributed by atoms with Crippen LogP contribution in [0.25, 0.3) is 28.2 Å². The van der Waals surface area contributed by atoms with E-state index in [-0.39, 0.29) is 18.4 Å². The highest BCUT2D eigenvalue weighted by molar-refractivity contribution is 7.09. The van der Waals surface area contributed by atoms with Crippen LogP contribution in [0.5, 0.6) is 0 Å². The molecule has 0 unspecified atom stereocenters. The van der Waals surface area contributed by atoms with Crippen molar-refractivity contribution >= 4 is 28.6 Å². The topological polar surface area (TPSA) is 79.5 Å². The minimum Gasteiger partial charge on any atom is -0.389 e. The summed E-state index contributed by atoms with van der Waals surface area (Å²) in [5.74, 6) is -0.0864. The summed E-state index contributed by atoms with van der Waals surface area (Å²) in [5.41, 5.74) is 5.14. The zero-order valence-corrected chi connectivity index (χ0v) is 16.4. The van der Waals surface area contributed by atoms with Gasteiger partial charge >= 0.3 is 0 Å². The number of amides is 1.